The first-order valence-corrected chi connectivity index (χ1v) is 5.72. The Bertz CT molecular complexity index is 243. The van der Waals surface area contributed by atoms with Gasteiger partial charge in [0.2, 0.25) is 5.91 Å². The molecule has 4 N–H and O–H groups in total. The molecule has 0 aromatic rings. The van der Waals surface area contributed by atoms with E-state index in [9.17, 15) is 9.59 Å². The van der Waals surface area contributed by atoms with Crippen molar-refractivity contribution in [2.24, 2.45) is 11.7 Å². The van der Waals surface area contributed by atoms with Gasteiger partial charge in [-0.05, 0) is 12.3 Å². The van der Waals surface area contributed by atoms with Crippen molar-refractivity contribution in [2.45, 2.75) is 52.1 Å². The maximum Gasteiger partial charge on any atom is 0.326 e. The average molecular weight is 230 g/mol. The van der Waals surface area contributed by atoms with Gasteiger partial charge in [0.05, 0.1) is 6.04 Å². The molecule has 1 amide bonds. The molecule has 0 heterocycles. The number of carboxylic acid groups (broad SMARTS) is 1. The first-order chi connectivity index (χ1) is 7.43. The summed E-state index contributed by atoms with van der Waals surface area (Å²) in [4.78, 5) is 22.5. The Balaban J connectivity index is 4.34. The number of carbonyl (C=O) groups excluding carboxylic acids is 1. The van der Waals surface area contributed by atoms with Gasteiger partial charge < -0.3 is 16.2 Å². The summed E-state index contributed by atoms with van der Waals surface area (Å²) >= 11 is 0. The van der Waals surface area contributed by atoms with E-state index in [1.165, 1.54) is 0 Å². The summed E-state index contributed by atoms with van der Waals surface area (Å²) in [6, 6.07) is -1.46. The second-order valence-corrected chi connectivity index (χ2v) is 4.10. The van der Waals surface area contributed by atoms with Crippen molar-refractivity contribution in [3.8, 4) is 0 Å². The maximum absolute atomic E-state index is 11.6. The Labute approximate surface area is 96.4 Å². The van der Waals surface area contributed by atoms with Crippen LogP contribution >= 0.6 is 0 Å². The normalized spacial score (nSPS) is 16.2. The van der Waals surface area contributed by atoms with Gasteiger partial charge in [-0.1, -0.05) is 33.6 Å². The molecule has 0 bridgehead atoms. The number of aliphatic carboxylic acids is 1. The molecule has 16 heavy (non-hydrogen) atoms. The zero-order valence-electron chi connectivity index (χ0n) is 10.2. The summed E-state index contributed by atoms with van der Waals surface area (Å²) in [5.41, 5.74) is 5.71. The topological polar surface area (TPSA) is 92.4 Å². The molecular weight excluding hydrogens is 208 g/mol. The minimum absolute atomic E-state index is 0.0519. The number of carbonyl (C=O) groups is 2. The molecule has 0 fully saturated rings. The summed E-state index contributed by atoms with van der Waals surface area (Å²) in [5, 5.41) is 11.3. The Morgan fingerprint density at radius 1 is 1.38 bits per heavy atom. The fourth-order valence-electron chi connectivity index (χ4n) is 1.33. The van der Waals surface area contributed by atoms with Crippen molar-refractivity contribution in [3.05, 3.63) is 0 Å². The molecule has 3 atom stereocenters. The number of hydrogen-bond acceptors (Lipinski definition) is 3. The van der Waals surface area contributed by atoms with Gasteiger partial charge in [-0.3, -0.25) is 4.79 Å². The molecular formula is C11H22N2O3. The molecule has 0 saturated carbocycles. The molecule has 0 aliphatic carbocycles. The van der Waals surface area contributed by atoms with Crippen LogP contribution in [0.25, 0.3) is 0 Å². The second-order valence-electron chi connectivity index (χ2n) is 4.10. The minimum atomic E-state index is -1.01. The van der Waals surface area contributed by atoms with Gasteiger partial charge in [-0.2, -0.15) is 0 Å². The fourth-order valence-corrected chi connectivity index (χ4v) is 1.33. The average Bonchev–Trinajstić information content (AvgIpc) is 2.25. The molecule has 5 nitrogen and oxygen atoms in total. The third kappa shape index (κ3) is 4.61. The van der Waals surface area contributed by atoms with E-state index in [1.807, 2.05) is 20.8 Å². The smallest absolute Gasteiger partial charge is 0.326 e. The van der Waals surface area contributed by atoms with Crippen molar-refractivity contribution in [3.63, 3.8) is 0 Å². The van der Waals surface area contributed by atoms with E-state index in [0.29, 0.717) is 12.8 Å². The molecule has 0 radical (unpaired) electrons. The highest BCUT2D eigenvalue weighted by atomic mass is 16.4. The summed E-state index contributed by atoms with van der Waals surface area (Å²) in [6.45, 7) is 5.69. The molecule has 94 valence electrons. The third-order valence-electron chi connectivity index (χ3n) is 2.75. The zero-order chi connectivity index (χ0) is 12.7. The van der Waals surface area contributed by atoms with Gasteiger partial charge in [0.1, 0.15) is 6.04 Å². The second kappa shape index (κ2) is 7.22. The van der Waals surface area contributed by atoms with Gasteiger partial charge in [-0.15, -0.1) is 0 Å². The molecule has 2 unspecified atom stereocenters. The predicted molar refractivity (Wildman–Crippen MR) is 61.9 cm³/mol. The Kier molecular flexibility index (Phi) is 6.72. The number of nitrogens with two attached hydrogens (primary N) is 1. The third-order valence-corrected chi connectivity index (χ3v) is 2.75. The first-order valence-electron chi connectivity index (χ1n) is 5.72. The largest absolute Gasteiger partial charge is 0.480 e. The van der Waals surface area contributed by atoms with Crippen molar-refractivity contribution >= 4 is 11.9 Å². The molecule has 0 aromatic carbocycles. The summed E-state index contributed by atoms with van der Waals surface area (Å²) < 4.78 is 0. The van der Waals surface area contributed by atoms with Gasteiger partial charge in [0.25, 0.3) is 0 Å². The van der Waals surface area contributed by atoms with Crippen LogP contribution in [0, 0.1) is 5.92 Å². The Morgan fingerprint density at radius 3 is 2.31 bits per heavy atom. The van der Waals surface area contributed by atoms with E-state index in [4.69, 9.17) is 10.8 Å². The molecule has 0 rings (SSSR count). The Hall–Kier alpha value is -1.10. The van der Waals surface area contributed by atoms with Gasteiger partial charge in [0.15, 0.2) is 0 Å². The van der Waals surface area contributed by atoms with Crippen LogP contribution < -0.4 is 11.1 Å². The molecule has 0 saturated heterocycles. The number of nitrogens with one attached hydrogen (secondary N) is 1. The van der Waals surface area contributed by atoms with Crippen LogP contribution in [0.2, 0.25) is 0 Å². The van der Waals surface area contributed by atoms with E-state index < -0.39 is 18.1 Å². The van der Waals surface area contributed by atoms with Crippen LogP contribution in [-0.2, 0) is 9.59 Å². The summed E-state index contributed by atoms with van der Waals surface area (Å²) in [7, 11) is 0. The van der Waals surface area contributed by atoms with Gasteiger partial charge in [0, 0.05) is 0 Å². The number of amides is 1. The maximum atomic E-state index is 11.6. The SMILES string of the molecule is CCC[C@@H](NC(=O)C(N)C(C)CC)C(=O)O. The minimum Gasteiger partial charge on any atom is -0.480 e. The molecule has 0 aliphatic rings. The van der Waals surface area contributed by atoms with Crippen LogP contribution in [0.15, 0.2) is 0 Å². The number of hydrogen-bond donors (Lipinski definition) is 3. The van der Waals surface area contributed by atoms with Crippen molar-refractivity contribution in [1.29, 1.82) is 0 Å². The lowest BCUT2D eigenvalue weighted by atomic mass is 9.99. The van der Waals surface area contributed by atoms with Crippen LogP contribution in [0.1, 0.15) is 40.0 Å². The van der Waals surface area contributed by atoms with E-state index in [-0.39, 0.29) is 11.8 Å². The fraction of sp³-hybridized carbons (Fsp3) is 0.818. The highest BCUT2D eigenvalue weighted by Gasteiger charge is 2.24. The number of rotatable bonds is 7. The lowest BCUT2D eigenvalue weighted by Crippen LogP contribution is -2.50. The number of carboxylic acids is 1. The lowest BCUT2D eigenvalue weighted by molar-refractivity contribution is -0.142. The van der Waals surface area contributed by atoms with E-state index in [1.54, 1.807) is 0 Å². The van der Waals surface area contributed by atoms with E-state index >= 15 is 0 Å². The molecule has 5 heteroatoms. The van der Waals surface area contributed by atoms with Gasteiger partial charge >= 0.3 is 5.97 Å². The first kappa shape index (κ1) is 14.9. The van der Waals surface area contributed by atoms with Gasteiger partial charge in [-0.25, -0.2) is 4.79 Å². The van der Waals surface area contributed by atoms with Crippen molar-refractivity contribution < 1.29 is 14.7 Å². The molecule has 0 spiro atoms. The zero-order valence-corrected chi connectivity index (χ0v) is 10.2. The predicted octanol–water partition coefficient (Wildman–Crippen LogP) is 0.729. The van der Waals surface area contributed by atoms with E-state index in [2.05, 4.69) is 5.32 Å². The van der Waals surface area contributed by atoms with Crippen LogP contribution in [0.4, 0.5) is 0 Å². The van der Waals surface area contributed by atoms with Crippen molar-refractivity contribution in [1.82, 2.24) is 5.32 Å². The van der Waals surface area contributed by atoms with Crippen LogP contribution in [0.3, 0.4) is 0 Å². The van der Waals surface area contributed by atoms with E-state index in [0.717, 1.165) is 6.42 Å². The molecule has 0 aromatic heterocycles. The summed E-state index contributed by atoms with van der Waals surface area (Å²) in [5.74, 6) is -1.34. The lowest BCUT2D eigenvalue weighted by Gasteiger charge is -2.20. The van der Waals surface area contributed by atoms with Crippen LogP contribution in [-0.4, -0.2) is 29.1 Å². The van der Waals surface area contributed by atoms with Crippen molar-refractivity contribution in [2.75, 3.05) is 0 Å². The highest BCUT2D eigenvalue weighted by Crippen LogP contribution is 2.06. The standard InChI is InChI=1S/C11H22N2O3/c1-4-6-8(11(15)16)13-10(14)9(12)7(3)5-2/h7-9H,4-6,12H2,1-3H3,(H,13,14)(H,15,16)/t7?,8-,9?/m1/s1. The monoisotopic (exact) mass is 230 g/mol. The highest BCUT2D eigenvalue weighted by molar-refractivity contribution is 5.86. The Morgan fingerprint density at radius 2 is 1.94 bits per heavy atom. The quantitative estimate of drug-likeness (QED) is 0.601. The van der Waals surface area contributed by atoms with Crippen LogP contribution in [0.5, 0.6) is 0 Å². The molecule has 0 aliphatic heterocycles. The summed E-state index contributed by atoms with van der Waals surface area (Å²) in [6.07, 6.45) is 1.92.